The van der Waals surface area contributed by atoms with E-state index in [1.54, 1.807) is 4.90 Å². The lowest BCUT2D eigenvalue weighted by molar-refractivity contribution is -0.118. The summed E-state index contributed by atoms with van der Waals surface area (Å²) in [6, 6.07) is 7.71. The van der Waals surface area contributed by atoms with E-state index in [0.29, 0.717) is 16.6 Å². The molecule has 0 spiro atoms. The number of hydrogen-bond acceptors (Lipinski definition) is 4. The predicted octanol–water partition coefficient (Wildman–Crippen LogP) is 4.57. The van der Waals surface area contributed by atoms with Crippen molar-refractivity contribution in [3.8, 4) is 0 Å². The third kappa shape index (κ3) is 3.70. The number of hydrogen-bond donors (Lipinski definition) is 1. The molecule has 0 radical (unpaired) electrons. The Morgan fingerprint density at radius 3 is 2.84 bits per heavy atom. The number of aromatic carboxylic acids is 1. The molecule has 5 nitrogen and oxygen atoms in total. The van der Waals surface area contributed by atoms with Gasteiger partial charge in [0.1, 0.15) is 0 Å². The summed E-state index contributed by atoms with van der Waals surface area (Å²) in [6.07, 6.45) is 3.19. The van der Waals surface area contributed by atoms with E-state index in [1.807, 2.05) is 31.2 Å². The number of rotatable bonds is 5. The van der Waals surface area contributed by atoms with Crippen LogP contribution >= 0.6 is 22.9 Å². The number of benzene rings is 1. The smallest absolute Gasteiger partial charge is 0.355 e. The maximum absolute atomic E-state index is 12.6. The molecule has 0 saturated heterocycles. The highest BCUT2D eigenvalue weighted by molar-refractivity contribution is 7.14. The highest BCUT2D eigenvalue weighted by atomic mass is 35.5. The maximum atomic E-state index is 12.6. The minimum atomic E-state index is -1.08. The molecule has 1 aliphatic rings. The predicted molar refractivity (Wildman–Crippen MR) is 98.7 cm³/mol. The van der Waals surface area contributed by atoms with Crippen molar-refractivity contribution in [1.82, 2.24) is 4.98 Å². The molecule has 1 saturated carbocycles. The van der Waals surface area contributed by atoms with E-state index >= 15 is 0 Å². The van der Waals surface area contributed by atoms with Gasteiger partial charge in [-0.25, -0.2) is 9.78 Å². The second-order valence-corrected chi connectivity index (χ2v) is 7.37. The number of carboxylic acid groups (broad SMARTS) is 1. The monoisotopic (exact) mass is 378 g/mol. The van der Waals surface area contributed by atoms with E-state index in [4.69, 9.17) is 16.7 Å². The van der Waals surface area contributed by atoms with Crippen LogP contribution in [0.5, 0.6) is 0 Å². The van der Waals surface area contributed by atoms with Gasteiger partial charge in [-0.1, -0.05) is 37.1 Å². The number of carbonyl (C=O) groups is 2. The van der Waals surface area contributed by atoms with Crippen LogP contribution in [0.4, 0.5) is 5.13 Å². The molecule has 0 aliphatic heterocycles. The minimum Gasteiger partial charge on any atom is -0.476 e. The SMILES string of the molecule is CCC(=O)N(c1nc(C(=O)O)cs1)C1CCCC1c1cccc(Cl)c1. The van der Waals surface area contributed by atoms with Crippen molar-refractivity contribution in [2.45, 2.75) is 44.6 Å². The van der Waals surface area contributed by atoms with E-state index in [1.165, 1.54) is 16.7 Å². The van der Waals surface area contributed by atoms with Crippen molar-refractivity contribution in [2.24, 2.45) is 0 Å². The van der Waals surface area contributed by atoms with Gasteiger partial charge in [-0.3, -0.25) is 9.69 Å². The Balaban J connectivity index is 1.97. The largest absolute Gasteiger partial charge is 0.476 e. The number of halogens is 1. The second kappa shape index (κ2) is 7.54. The molecule has 25 heavy (non-hydrogen) atoms. The van der Waals surface area contributed by atoms with Gasteiger partial charge in [0.25, 0.3) is 0 Å². The van der Waals surface area contributed by atoms with Crippen LogP contribution in [-0.2, 0) is 4.79 Å². The molecule has 1 N–H and O–H groups in total. The van der Waals surface area contributed by atoms with Crippen molar-refractivity contribution < 1.29 is 14.7 Å². The summed E-state index contributed by atoms with van der Waals surface area (Å²) in [5.74, 6) is -0.944. The zero-order valence-corrected chi connectivity index (χ0v) is 15.4. The van der Waals surface area contributed by atoms with Crippen molar-refractivity contribution in [3.05, 3.63) is 45.9 Å². The first-order chi connectivity index (χ1) is 12.0. The molecule has 132 valence electrons. The number of aromatic nitrogens is 1. The molecule has 1 heterocycles. The fourth-order valence-electron chi connectivity index (χ4n) is 3.45. The first-order valence-corrected chi connectivity index (χ1v) is 9.53. The van der Waals surface area contributed by atoms with Crippen LogP contribution in [-0.4, -0.2) is 28.0 Å². The molecule has 2 atom stereocenters. The van der Waals surface area contributed by atoms with Crippen LogP contribution in [0.1, 0.15) is 54.6 Å². The first-order valence-electron chi connectivity index (χ1n) is 8.27. The van der Waals surface area contributed by atoms with E-state index in [0.717, 1.165) is 24.8 Å². The molecule has 0 bridgehead atoms. The molecule has 3 rings (SSSR count). The van der Waals surface area contributed by atoms with Crippen molar-refractivity contribution >= 4 is 39.9 Å². The Morgan fingerprint density at radius 2 is 2.20 bits per heavy atom. The van der Waals surface area contributed by atoms with Crippen LogP contribution < -0.4 is 4.90 Å². The van der Waals surface area contributed by atoms with Crippen LogP contribution in [0.3, 0.4) is 0 Å². The van der Waals surface area contributed by atoms with E-state index in [-0.39, 0.29) is 23.6 Å². The van der Waals surface area contributed by atoms with Crippen LogP contribution in [0.15, 0.2) is 29.6 Å². The molecule has 7 heteroatoms. The van der Waals surface area contributed by atoms with Gasteiger partial charge in [-0.05, 0) is 30.5 Å². The van der Waals surface area contributed by atoms with Gasteiger partial charge in [-0.15, -0.1) is 11.3 Å². The molecular weight excluding hydrogens is 360 g/mol. The van der Waals surface area contributed by atoms with Crippen LogP contribution in [0, 0.1) is 0 Å². The van der Waals surface area contributed by atoms with Gasteiger partial charge in [0.15, 0.2) is 10.8 Å². The quantitative estimate of drug-likeness (QED) is 0.827. The average molecular weight is 379 g/mol. The summed E-state index contributed by atoms with van der Waals surface area (Å²) in [5, 5.41) is 11.8. The second-order valence-electron chi connectivity index (χ2n) is 6.10. The Hall–Kier alpha value is -1.92. The summed E-state index contributed by atoms with van der Waals surface area (Å²) in [6.45, 7) is 1.81. The Morgan fingerprint density at radius 1 is 1.40 bits per heavy atom. The zero-order chi connectivity index (χ0) is 18.0. The lowest BCUT2D eigenvalue weighted by Gasteiger charge is -2.31. The molecule has 1 aromatic heterocycles. The van der Waals surface area contributed by atoms with Gasteiger partial charge in [0, 0.05) is 28.8 Å². The minimum absolute atomic E-state index is 0.0220. The molecule has 2 unspecified atom stereocenters. The summed E-state index contributed by atoms with van der Waals surface area (Å²) in [7, 11) is 0. The number of carboxylic acids is 1. The van der Waals surface area contributed by atoms with Gasteiger partial charge >= 0.3 is 5.97 Å². The molecule has 1 fully saturated rings. The van der Waals surface area contributed by atoms with Crippen molar-refractivity contribution in [2.75, 3.05) is 4.90 Å². The Kier molecular flexibility index (Phi) is 5.39. The maximum Gasteiger partial charge on any atom is 0.355 e. The molecule has 1 amide bonds. The highest BCUT2D eigenvalue weighted by Crippen LogP contribution is 2.41. The fraction of sp³-hybridized carbons (Fsp3) is 0.389. The van der Waals surface area contributed by atoms with Crippen LogP contribution in [0.25, 0.3) is 0 Å². The summed E-state index contributed by atoms with van der Waals surface area (Å²) < 4.78 is 0. The number of thiazole rings is 1. The summed E-state index contributed by atoms with van der Waals surface area (Å²) in [4.78, 5) is 29.7. The zero-order valence-electron chi connectivity index (χ0n) is 13.8. The number of carbonyl (C=O) groups excluding carboxylic acids is 1. The normalized spacial score (nSPS) is 19.8. The van der Waals surface area contributed by atoms with Crippen molar-refractivity contribution in [3.63, 3.8) is 0 Å². The van der Waals surface area contributed by atoms with Gasteiger partial charge in [0.05, 0.1) is 0 Å². The average Bonchev–Trinajstić information content (AvgIpc) is 3.25. The fourth-order valence-corrected chi connectivity index (χ4v) is 4.52. The number of anilines is 1. The van der Waals surface area contributed by atoms with E-state index in [9.17, 15) is 9.59 Å². The molecule has 1 aliphatic carbocycles. The molecular formula is C18H19ClN2O3S. The summed E-state index contributed by atoms with van der Waals surface area (Å²) >= 11 is 7.34. The third-order valence-electron chi connectivity index (χ3n) is 4.58. The topological polar surface area (TPSA) is 70.5 Å². The van der Waals surface area contributed by atoms with Gasteiger partial charge in [0.2, 0.25) is 5.91 Å². The van der Waals surface area contributed by atoms with E-state index in [2.05, 4.69) is 4.98 Å². The van der Waals surface area contributed by atoms with E-state index < -0.39 is 5.97 Å². The van der Waals surface area contributed by atoms with Gasteiger partial charge < -0.3 is 5.11 Å². The lowest BCUT2D eigenvalue weighted by Crippen LogP contribution is -2.41. The van der Waals surface area contributed by atoms with Crippen molar-refractivity contribution in [1.29, 1.82) is 0 Å². The number of amides is 1. The Labute approximate surface area is 155 Å². The first kappa shape index (κ1) is 17.9. The standard InChI is InChI=1S/C18H19ClN2O3S/c1-2-16(22)21(18-20-14(10-25-18)17(23)24)15-8-4-7-13(15)11-5-3-6-12(19)9-11/h3,5-6,9-10,13,15H,2,4,7-8H2,1H3,(H,23,24). The molecule has 2 aromatic rings. The number of nitrogens with zero attached hydrogens (tertiary/aromatic N) is 2. The Bertz CT molecular complexity index is 792. The highest BCUT2D eigenvalue weighted by Gasteiger charge is 2.37. The third-order valence-corrected chi connectivity index (χ3v) is 5.65. The van der Waals surface area contributed by atoms with Crippen LogP contribution in [0.2, 0.25) is 5.02 Å². The molecule has 1 aromatic carbocycles. The van der Waals surface area contributed by atoms with Gasteiger partial charge in [-0.2, -0.15) is 0 Å². The summed E-state index contributed by atoms with van der Waals surface area (Å²) in [5.41, 5.74) is 1.09. The lowest BCUT2D eigenvalue weighted by atomic mass is 9.93.